The Morgan fingerprint density at radius 3 is 2.75 bits per heavy atom. The molecule has 1 aliphatic heterocycles. The molecular weight excluding hydrogens is 254 g/mol. The molecule has 1 heterocycles. The molecule has 3 rings (SSSR count). The molecule has 1 aliphatic rings. The minimum Gasteiger partial charge on any atom is -0.489 e. The average molecular weight is 271 g/mol. The fourth-order valence-electron chi connectivity index (χ4n) is 2.18. The van der Waals surface area contributed by atoms with E-state index in [1.165, 1.54) is 0 Å². The highest BCUT2D eigenvalue weighted by Crippen LogP contribution is 2.32. The summed E-state index contributed by atoms with van der Waals surface area (Å²) in [5.74, 6) is 2.41. The molecule has 4 heteroatoms. The summed E-state index contributed by atoms with van der Waals surface area (Å²) in [5, 5.41) is 0. The lowest BCUT2D eigenvalue weighted by molar-refractivity contribution is 0.174. The van der Waals surface area contributed by atoms with E-state index >= 15 is 0 Å². The van der Waals surface area contributed by atoms with Crippen LogP contribution in [-0.4, -0.2) is 6.79 Å². The van der Waals surface area contributed by atoms with Crippen LogP contribution in [0.15, 0.2) is 36.4 Å². The van der Waals surface area contributed by atoms with Crippen molar-refractivity contribution in [2.75, 3.05) is 6.79 Å². The molecule has 0 aliphatic carbocycles. The molecule has 0 saturated carbocycles. The van der Waals surface area contributed by atoms with Crippen LogP contribution in [0.25, 0.3) is 0 Å². The zero-order valence-corrected chi connectivity index (χ0v) is 11.4. The van der Waals surface area contributed by atoms with Crippen LogP contribution in [-0.2, 0) is 13.2 Å². The van der Waals surface area contributed by atoms with Gasteiger partial charge in [-0.2, -0.15) is 0 Å². The standard InChI is InChI=1S/C16H17NO3/c1-11-6-14(4-3-13(11)8-17)18-9-12-2-5-15-16(7-12)20-10-19-15/h2-7H,8-10,17H2,1H3. The molecule has 0 radical (unpaired) electrons. The predicted molar refractivity (Wildman–Crippen MR) is 76.0 cm³/mol. The maximum Gasteiger partial charge on any atom is 0.231 e. The van der Waals surface area contributed by atoms with Crippen molar-refractivity contribution in [3.8, 4) is 17.2 Å². The highest BCUT2D eigenvalue weighted by atomic mass is 16.7. The van der Waals surface area contributed by atoms with Gasteiger partial charge < -0.3 is 19.9 Å². The SMILES string of the molecule is Cc1cc(OCc2ccc3c(c2)OCO3)ccc1CN. The van der Waals surface area contributed by atoms with E-state index in [2.05, 4.69) is 0 Å². The fraction of sp³-hybridized carbons (Fsp3) is 0.250. The molecule has 0 amide bonds. The van der Waals surface area contributed by atoms with E-state index in [1.54, 1.807) is 0 Å². The Balaban J connectivity index is 1.69. The second-order valence-corrected chi connectivity index (χ2v) is 4.77. The molecule has 0 aromatic heterocycles. The first-order valence-corrected chi connectivity index (χ1v) is 6.57. The summed E-state index contributed by atoms with van der Waals surface area (Å²) in [6, 6.07) is 11.8. The molecule has 0 fully saturated rings. The largest absolute Gasteiger partial charge is 0.489 e. The van der Waals surface area contributed by atoms with Gasteiger partial charge in [0, 0.05) is 6.54 Å². The van der Waals surface area contributed by atoms with Gasteiger partial charge in [-0.05, 0) is 47.9 Å². The lowest BCUT2D eigenvalue weighted by Gasteiger charge is -2.09. The van der Waals surface area contributed by atoms with Crippen LogP contribution in [0.5, 0.6) is 17.2 Å². The number of fused-ring (bicyclic) bond motifs is 1. The number of hydrogen-bond acceptors (Lipinski definition) is 4. The first-order valence-electron chi connectivity index (χ1n) is 6.57. The number of rotatable bonds is 4. The molecule has 0 unspecified atom stereocenters. The van der Waals surface area contributed by atoms with Crippen molar-refractivity contribution in [3.05, 3.63) is 53.1 Å². The number of benzene rings is 2. The third-order valence-electron chi connectivity index (χ3n) is 3.38. The summed E-state index contributed by atoms with van der Waals surface area (Å²) >= 11 is 0. The molecule has 2 aromatic carbocycles. The average Bonchev–Trinajstić information content (AvgIpc) is 2.92. The Labute approximate surface area is 118 Å². The lowest BCUT2D eigenvalue weighted by atomic mass is 10.1. The topological polar surface area (TPSA) is 53.7 Å². The Morgan fingerprint density at radius 1 is 1.10 bits per heavy atom. The lowest BCUT2D eigenvalue weighted by Crippen LogP contribution is -2.00. The second-order valence-electron chi connectivity index (χ2n) is 4.77. The van der Waals surface area contributed by atoms with Crippen LogP contribution >= 0.6 is 0 Å². The molecule has 0 spiro atoms. The van der Waals surface area contributed by atoms with E-state index in [0.717, 1.165) is 33.9 Å². The molecule has 4 nitrogen and oxygen atoms in total. The minimum absolute atomic E-state index is 0.291. The zero-order valence-electron chi connectivity index (χ0n) is 11.4. The third-order valence-corrected chi connectivity index (χ3v) is 3.38. The van der Waals surface area contributed by atoms with Crippen LogP contribution in [0.4, 0.5) is 0 Å². The summed E-state index contributed by atoms with van der Waals surface area (Å²) in [6.07, 6.45) is 0. The predicted octanol–water partition coefficient (Wildman–Crippen LogP) is 2.76. The monoisotopic (exact) mass is 271 g/mol. The summed E-state index contributed by atoms with van der Waals surface area (Å²) in [6.45, 7) is 3.38. The Morgan fingerprint density at radius 2 is 1.95 bits per heavy atom. The molecular formula is C16H17NO3. The van der Waals surface area contributed by atoms with Crippen molar-refractivity contribution in [1.29, 1.82) is 0 Å². The summed E-state index contributed by atoms with van der Waals surface area (Å²) in [5.41, 5.74) is 8.99. The Hall–Kier alpha value is -2.20. The molecule has 2 N–H and O–H groups in total. The minimum atomic E-state index is 0.291. The van der Waals surface area contributed by atoms with Crippen molar-refractivity contribution < 1.29 is 14.2 Å². The molecule has 0 atom stereocenters. The van der Waals surface area contributed by atoms with Crippen LogP contribution < -0.4 is 19.9 Å². The van der Waals surface area contributed by atoms with Gasteiger partial charge in [0.1, 0.15) is 12.4 Å². The smallest absolute Gasteiger partial charge is 0.231 e. The maximum absolute atomic E-state index is 5.79. The van der Waals surface area contributed by atoms with Crippen LogP contribution in [0.2, 0.25) is 0 Å². The first-order chi connectivity index (χ1) is 9.76. The van der Waals surface area contributed by atoms with Gasteiger partial charge in [-0.1, -0.05) is 12.1 Å². The molecule has 0 saturated heterocycles. The van der Waals surface area contributed by atoms with Crippen LogP contribution in [0, 0.1) is 6.92 Å². The van der Waals surface area contributed by atoms with Gasteiger partial charge in [-0.15, -0.1) is 0 Å². The third kappa shape index (κ3) is 2.56. The molecule has 2 aromatic rings. The van der Waals surface area contributed by atoms with E-state index in [9.17, 15) is 0 Å². The van der Waals surface area contributed by atoms with Crippen LogP contribution in [0.1, 0.15) is 16.7 Å². The van der Waals surface area contributed by atoms with Crippen molar-refractivity contribution in [2.24, 2.45) is 5.73 Å². The normalized spacial score (nSPS) is 12.5. The second kappa shape index (κ2) is 5.43. The molecule has 0 bridgehead atoms. The highest BCUT2D eigenvalue weighted by Gasteiger charge is 2.13. The quantitative estimate of drug-likeness (QED) is 0.929. The summed E-state index contributed by atoms with van der Waals surface area (Å²) < 4.78 is 16.4. The van der Waals surface area contributed by atoms with Gasteiger partial charge in [0.15, 0.2) is 11.5 Å². The first kappa shape index (κ1) is 12.8. The van der Waals surface area contributed by atoms with Gasteiger partial charge in [-0.3, -0.25) is 0 Å². The van der Waals surface area contributed by atoms with E-state index in [4.69, 9.17) is 19.9 Å². The fourth-order valence-corrected chi connectivity index (χ4v) is 2.18. The van der Waals surface area contributed by atoms with Crippen molar-refractivity contribution in [2.45, 2.75) is 20.1 Å². The van der Waals surface area contributed by atoms with Crippen molar-refractivity contribution in [1.82, 2.24) is 0 Å². The van der Waals surface area contributed by atoms with Gasteiger partial charge in [0.2, 0.25) is 6.79 Å². The number of ether oxygens (including phenoxy) is 3. The number of aryl methyl sites for hydroxylation is 1. The highest BCUT2D eigenvalue weighted by molar-refractivity contribution is 5.44. The van der Waals surface area contributed by atoms with Gasteiger partial charge >= 0.3 is 0 Å². The molecule has 20 heavy (non-hydrogen) atoms. The number of hydrogen-bond donors (Lipinski definition) is 1. The summed E-state index contributed by atoms with van der Waals surface area (Å²) in [4.78, 5) is 0. The van der Waals surface area contributed by atoms with Gasteiger partial charge in [0.05, 0.1) is 0 Å². The van der Waals surface area contributed by atoms with E-state index in [1.807, 2.05) is 43.3 Å². The van der Waals surface area contributed by atoms with Gasteiger partial charge in [0.25, 0.3) is 0 Å². The zero-order chi connectivity index (χ0) is 13.9. The number of nitrogens with two attached hydrogens (primary N) is 1. The van der Waals surface area contributed by atoms with Gasteiger partial charge in [-0.25, -0.2) is 0 Å². The van der Waals surface area contributed by atoms with E-state index < -0.39 is 0 Å². The Bertz CT molecular complexity index is 625. The Kier molecular flexibility index (Phi) is 3.48. The van der Waals surface area contributed by atoms with Crippen molar-refractivity contribution in [3.63, 3.8) is 0 Å². The van der Waals surface area contributed by atoms with Crippen molar-refractivity contribution >= 4 is 0 Å². The van der Waals surface area contributed by atoms with E-state index in [-0.39, 0.29) is 0 Å². The van der Waals surface area contributed by atoms with E-state index in [0.29, 0.717) is 19.9 Å². The molecule has 104 valence electrons. The maximum atomic E-state index is 5.79. The summed E-state index contributed by atoms with van der Waals surface area (Å²) in [7, 11) is 0. The van der Waals surface area contributed by atoms with Crippen LogP contribution in [0.3, 0.4) is 0 Å².